The summed E-state index contributed by atoms with van der Waals surface area (Å²) >= 11 is 1.43. The van der Waals surface area contributed by atoms with Crippen molar-refractivity contribution in [3.05, 3.63) is 52.4 Å². The SMILES string of the molecule is CCOc1sccc1C(=O)N[C@@H]1Cc2ccccc2[C@H]1N.Cl. The number of benzene rings is 1. The van der Waals surface area contributed by atoms with Crippen LogP contribution in [0, 0.1) is 0 Å². The average Bonchev–Trinajstić information content (AvgIpc) is 3.06. The molecule has 0 aliphatic heterocycles. The molecule has 0 fully saturated rings. The summed E-state index contributed by atoms with van der Waals surface area (Å²) in [6.07, 6.45) is 0.775. The highest BCUT2D eigenvalue weighted by Crippen LogP contribution is 2.31. The van der Waals surface area contributed by atoms with Gasteiger partial charge in [0.05, 0.1) is 24.3 Å². The molecule has 4 nitrogen and oxygen atoms in total. The number of nitrogens with one attached hydrogen (secondary N) is 1. The molecule has 1 heterocycles. The Balaban J connectivity index is 0.00000176. The first-order chi connectivity index (χ1) is 10.2. The Bertz CT molecular complexity index is 659. The lowest BCUT2D eigenvalue weighted by Gasteiger charge is -2.18. The van der Waals surface area contributed by atoms with Gasteiger partial charge in [-0.1, -0.05) is 24.3 Å². The second kappa shape index (κ2) is 7.13. The van der Waals surface area contributed by atoms with Crippen LogP contribution in [0.3, 0.4) is 0 Å². The molecule has 1 aliphatic carbocycles. The number of hydrogen-bond acceptors (Lipinski definition) is 4. The van der Waals surface area contributed by atoms with Crippen molar-refractivity contribution in [2.45, 2.75) is 25.4 Å². The summed E-state index contributed by atoms with van der Waals surface area (Å²) in [5, 5.41) is 5.57. The molecule has 6 heteroatoms. The maximum absolute atomic E-state index is 12.4. The molecular weight excluding hydrogens is 320 g/mol. The van der Waals surface area contributed by atoms with E-state index in [1.165, 1.54) is 16.9 Å². The van der Waals surface area contributed by atoms with Gasteiger partial charge in [0, 0.05) is 0 Å². The number of halogens is 1. The van der Waals surface area contributed by atoms with E-state index in [2.05, 4.69) is 11.4 Å². The highest BCUT2D eigenvalue weighted by molar-refractivity contribution is 7.12. The monoisotopic (exact) mass is 338 g/mol. The van der Waals surface area contributed by atoms with Crippen LogP contribution in [0.4, 0.5) is 0 Å². The number of carbonyl (C=O) groups excluding carboxylic acids is 1. The van der Waals surface area contributed by atoms with Crippen molar-refractivity contribution in [2.24, 2.45) is 5.73 Å². The molecule has 2 atom stereocenters. The first-order valence-electron chi connectivity index (χ1n) is 7.05. The molecule has 1 aromatic carbocycles. The van der Waals surface area contributed by atoms with Gasteiger partial charge >= 0.3 is 0 Å². The Hall–Kier alpha value is -1.56. The first kappa shape index (κ1) is 16.8. The van der Waals surface area contributed by atoms with Crippen molar-refractivity contribution in [3.8, 4) is 5.06 Å². The number of rotatable bonds is 4. The van der Waals surface area contributed by atoms with Crippen molar-refractivity contribution >= 4 is 29.7 Å². The number of carbonyl (C=O) groups is 1. The fraction of sp³-hybridized carbons (Fsp3) is 0.312. The topological polar surface area (TPSA) is 64.3 Å². The largest absolute Gasteiger partial charge is 0.484 e. The van der Waals surface area contributed by atoms with E-state index >= 15 is 0 Å². The van der Waals surface area contributed by atoms with Crippen LogP contribution >= 0.6 is 23.7 Å². The van der Waals surface area contributed by atoms with Crippen LogP contribution in [0.1, 0.15) is 34.5 Å². The summed E-state index contributed by atoms with van der Waals surface area (Å²) in [4.78, 5) is 12.4. The van der Waals surface area contributed by atoms with Crippen LogP contribution in [0.5, 0.6) is 5.06 Å². The third-order valence-corrected chi connectivity index (χ3v) is 4.58. The van der Waals surface area contributed by atoms with Gasteiger partial charge < -0.3 is 15.8 Å². The number of ether oxygens (including phenoxy) is 1. The zero-order chi connectivity index (χ0) is 14.8. The molecule has 0 radical (unpaired) electrons. The molecule has 3 N–H and O–H groups in total. The highest BCUT2D eigenvalue weighted by Gasteiger charge is 2.31. The fourth-order valence-corrected chi connectivity index (χ4v) is 3.52. The van der Waals surface area contributed by atoms with E-state index in [4.69, 9.17) is 10.5 Å². The average molecular weight is 339 g/mol. The zero-order valence-corrected chi connectivity index (χ0v) is 13.9. The Labute approximate surface area is 140 Å². The fourth-order valence-electron chi connectivity index (χ4n) is 2.72. The molecule has 1 aliphatic rings. The lowest BCUT2D eigenvalue weighted by Crippen LogP contribution is -2.40. The summed E-state index contributed by atoms with van der Waals surface area (Å²) in [7, 11) is 0. The van der Waals surface area contributed by atoms with Gasteiger partial charge in [0.25, 0.3) is 5.91 Å². The number of amides is 1. The molecular formula is C16H19ClN2O2S. The zero-order valence-electron chi connectivity index (χ0n) is 12.2. The Morgan fingerprint density at radius 1 is 1.41 bits per heavy atom. The number of hydrogen-bond donors (Lipinski definition) is 2. The normalized spacial score (nSPS) is 19.2. The maximum atomic E-state index is 12.4. The van der Waals surface area contributed by atoms with Crippen LogP contribution in [0.15, 0.2) is 35.7 Å². The molecule has 0 saturated carbocycles. The van der Waals surface area contributed by atoms with Crippen LogP contribution in [0.25, 0.3) is 0 Å². The molecule has 22 heavy (non-hydrogen) atoms. The van der Waals surface area contributed by atoms with E-state index in [1.54, 1.807) is 6.07 Å². The first-order valence-corrected chi connectivity index (χ1v) is 7.93. The van der Waals surface area contributed by atoms with Crippen molar-refractivity contribution < 1.29 is 9.53 Å². The second-order valence-corrected chi connectivity index (χ2v) is 5.94. The summed E-state index contributed by atoms with van der Waals surface area (Å²) < 4.78 is 5.48. The number of nitrogens with two attached hydrogens (primary N) is 1. The molecule has 1 aromatic heterocycles. The van der Waals surface area contributed by atoms with Gasteiger partial charge in [-0.2, -0.15) is 0 Å². The van der Waals surface area contributed by atoms with E-state index in [0.29, 0.717) is 17.2 Å². The van der Waals surface area contributed by atoms with E-state index in [1.807, 2.05) is 30.5 Å². The summed E-state index contributed by atoms with van der Waals surface area (Å²) in [6.45, 7) is 2.46. The second-order valence-electron chi connectivity index (χ2n) is 5.06. The van der Waals surface area contributed by atoms with Gasteiger partial charge in [-0.25, -0.2) is 0 Å². The van der Waals surface area contributed by atoms with Crippen LogP contribution in [0.2, 0.25) is 0 Å². The van der Waals surface area contributed by atoms with E-state index in [0.717, 1.165) is 12.0 Å². The van der Waals surface area contributed by atoms with E-state index < -0.39 is 0 Å². The molecule has 3 rings (SSSR count). The quantitative estimate of drug-likeness (QED) is 0.900. The molecule has 0 bridgehead atoms. The molecule has 1 amide bonds. The van der Waals surface area contributed by atoms with Gasteiger partial charge in [-0.3, -0.25) is 4.79 Å². The smallest absolute Gasteiger partial charge is 0.256 e. The highest BCUT2D eigenvalue weighted by atomic mass is 35.5. The van der Waals surface area contributed by atoms with Crippen LogP contribution < -0.4 is 15.8 Å². The molecule has 0 unspecified atom stereocenters. The predicted octanol–water partition coefficient (Wildman–Crippen LogP) is 2.92. The Morgan fingerprint density at radius 2 is 2.18 bits per heavy atom. The van der Waals surface area contributed by atoms with Gasteiger partial charge in [0.1, 0.15) is 0 Å². The lowest BCUT2D eigenvalue weighted by molar-refractivity contribution is 0.0930. The third kappa shape index (κ3) is 3.11. The predicted molar refractivity (Wildman–Crippen MR) is 91.1 cm³/mol. The number of fused-ring (bicyclic) bond motifs is 1. The van der Waals surface area contributed by atoms with Gasteiger partial charge in [-0.05, 0) is 35.9 Å². The van der Waals surface area contributed by atoms with Crippen LogP contribution in [-0.4, -0.2) is 18.6 Å². The Kier molecular flexibility index (Phi) is 5.45. The van der Waals surface area contributed by atoms with Crippen molar-refractivity contribution in [2.75, 3.05) is 6.61 Å². The van der Waals surface area contributed by atoms with Gasteiger partial charge in [-0.15, -0.1) is 23.7 Å². The van der Waals surface area contributed by atoms with Crippen molar-refractivity contribution in [1.82, 2.24) is 5.32 Å². The summed E-state index contributed by atoms with van der Waals surface area (Å²) in [5.74, 6) is -0.118. The minimum absolute atomic E-state index is 0. The lowest BCUT2D eigenvalue weighted by atomic mass is 10.1. The number of thiophene rings is 1. The molecule has 0 saturated heterocycles. The standard InChI is InChI=1S/C16H18N2O2S.ClH/c1-2-20-16-12(7-8-21-16)15(19)18-13-9-10-5-3-4-6-11(10)14(13)17;/h3-8,13-14H,2,9,17H2,1H3,(H,18,19);1H/t13-,14-;/m1./s1. The summed E-state index contributed by atoms with van der Waals surface area (Å²) in [5.41, 5.74) is 9.17. The van der Waals surface area contributed by atoms with Crippen molar-refractivity contribution in [1.29, 1.82) is 0 Å². The Morgan fingerprint density at radius 3 is 2.91 bits per heavy atom. The molecule has 2 aromatic rings. The molecule has 118 valence electrons. The third-order valence-electron chi connectivity index (χ3n) is 3.75. The van der Waals surface area contributed by atoms with Gasteiger partial charge in [0.2, 0.25) is 0 Å². The van der Waals surface area contributed by atoms with Crippen molar-refractivity contribution in [3.63, 3.8) is 0 Å². The van der Waals surface area contributed by atoms with Crippen LogP contribution in [-0.2, 0) is 6.42 Å². The van der Waals surface area contributed by atoms with E-state index in [9.17, 15) is 4.79 Å². The van der Waals surface area contributed by atoms with E-state index in [-0.39, 0.29) is 30.4 Å². The molecule has 0 spiro atoms. The maximum Gasteiger partial charge on any atom is 0.256 e. The minimum atomic E-state index is -0.153. The minimum Gasteiger partial charge on any atom is -0.484 e. The van der Waals surface area contributed by atoms with Gasteiger partial charge in [0.15, 0.2) is 5.06 Å². The summed E-state index contributed by atoms with van der Waals surface area (Å²) in [6, 6.07) is 9.65.